The molecule has 0 aliphatic heterocycles. The SMILES string of the molecule is CCCCn1nc(C(=O)Nc2ccc(C)cc2C)c2ccccc2c1=O. The van der Waals surface area contributed by atoms with E-state index in [0.717, 1.165) is 29.7 Å². The first-order valence-corrected chi connectivity index (χ1v) is 8.89. The van der Waals surface area contributed by atoms with Gasteiger partial charge in [0.05, 0.1) is 5.39 Å². The van der Waals surface area contributed by atoms with Crippen LogP contribution >= 0.6 is 0 Å². The van der Waals surface area contributed by atoms with Crippen molar-refractivity contribution >= 4 is 22.4 Å². The fourth-order valence-electron chi connectivity index (χ4n) is 3.00. The Morgan fingerprint density at radius 1 is 1.12 bits per heavy atom. The van der Waals surface area contributed by atoms with Gasteiger partial charge < -0.3 is 5.32 Å². The fraction of sp³-hybridized carbons (Fsp3) is 0.286. The van der Waals surface area contributed by atoms with E-state index < -0.39 is 0 Å². The molecule has 5 nitrogen and oxygen atoms in total. The highest BCUT2D eigenvalue weighted by atomic mass is 16.2. The van der Waals surface area contributed by atoms with Gasteiger partial charge in [-0.15, -0.1) is 0 Å². The summed E-state index contributed by atoms with van der Waals surface area (Å²) in [6.07, 6.45) is 1.79. The monoisotopic (exact) mass is 349 g/mol. The minimum atomic E-state index is -0.307. The summed E-state index contributed by atoms with van der Waals surface area (Å²) >= 11 is 0. The molecule has 0 fully saturated rings. The van der Waals surface area contributed by atoms with E-state index >= 15 is 0 Å². The molecule has 1 N–H and O–H groups in total. The maximum Gasteiger partial charge on any atom is 0.276 e. The van der Waals surface area contributed by atoms with Crippen molar-refractivity contribution < 1.29 is 4.79 Å². The van der Waals surface area contributed by atoms with Crippen LogP contribution in [0.25, 0.3) is 10.8 Å². The predicted molar refractivity (Wildman–Crippen MR) is 105 cm³/mol. The average molecular weight is 349 g/mol. The smallest absolute Gasteiger partial charge is 0.276 e. The van der Waals surface area contributed by atoms with E-state index in [2.05, 4.69) is 17.3 Å². The van der Waals surface area contributed by atoms with Crippen LogP contribution in [0.2, 0.25) is 0 Å². The highest BCUT2D eigenvalue weighted by Crippen LogP contribution is 2.19. The van der Waals surface area contributed by atoms with Gasteiger partial charge >= 0.3 is 0 Å². The van der Waals surface area contributed by atoms with E-state index in [4.69, 9.17) is 0 Å². The fourth-order valence-corrected chi connectivity index (χ4v) is 3.00. The predicted octanol–water partition coefficient (Wildman–Crippen LogP) is 4.07. The lowest BCUT2D eigenvalue weighted by molar-refractivity contribution is 0.102. The first-order valence-electron chi connectivity index (χ1n) is 8.89. The number of carbonyl (C=O) groups is 1. The Kier molecular flexibility index (Phi) is 5.16. The van der Waals surface area contributed by atoms with Gasteiger partial charge in [-0.2, -0.15) is 5.10 Å². The quantitative estimate of drug-likeness (QED) is 0.755. The summed E-state index contributed by atoms with van der Waals surface area (Å²) in [6.45, 7) is 6.53. The van der Waals surface area contributed by atoms with Crippen LogP contribution in [0.1, 0.15) is 41.4 Å². The van der Waals surface area contributed by atoms with Gasteiger partial charge in [-0.25, -0.2) is 4.68 Å². The van der Waals surface area contributed by atoms with Crippen molar-refractivity contribution in [2.75, 3.05) is 5.32 Å². The largest absolute Gasteiger partial charge is 0.320 e. The Morgan fingerprint density at radius 3 is 2.54 bits per heavy atom. The lowest BCUT2D eigenvalue weighted by atomic mass is 10.1. The van der Waals surface area contributed by atoms with Crippen molar-refractivity contribution in [3.63, 3.8) is 0 Å². The summed E-state index contributed by atoms with van der Waals surface area (Å²) in [4.78, 5) is 25.5. The van der Waals surface area contributed by atoms with Gasteiger partial charge in [-0.3, -0.25) is 9.59 Å². The number of anilines is 1. The molecule has 0 unspecified atom stereocenters. The summed E-state index contributed by atoms with van der Waals surface area (Å²) in [7, 11) is 0. The molecule has 0 bridgehead atoms. The van der Waals surface area contributed by atoms with Crippen LogP contribution in [0.3, 0.4) is 0 Å². The van der Waals surface area contributed by atoms with E-state index in [9.17, 15) is 9.59 Å². The molecule has 3 aromatic rings. The molecule has 0 spiro atoms. The summed E-state index contributed by atoms with van der Waals surface area (Å²) in [5, 5.41) is 8.40. The van der Waals surface area contributed by atoms with Crippen LogP contribution in [0.4, 0.5) is 5.69 Å². The number of aryl methyl sites for hydroxylation is 3. The lowest BCUT2D eigenvalue weighted by Gasteiger charge is -2.12. The maximum atomic E-state index is 12.9. The minimum Gasteiger partial charge on any atom is -0.320 e. The van der Waals surface area contributed by atoms with E-state index in [0.29, 0.717) is 17.3 Å². The molecule has 2 aromatic carbocycles. The van der Waals surface area contributed by atoms with Gasteiger partial charge in [-0.1, -0.05) is 49.2 Å². The van der Waals surface area contributed by atoms with Crippen LogP contribution < -0.4 is 10.9 Å². The Morgan fingerprint density at radius 2 is 1.85 bits per heavy atom. The number of hydrogen-bond donors (Lipinski definition) is 1. The average Bonchev–Trinajstić information content (AvgIpc) is 2.63. The Bertz CT molecular complexity index is 1020. The number of nitrogens with zero attached hydrogens (tertiary/aromatic N) is 2. The number of carbonyl (C=O) groups excluding carboxylic acids is 1. The highest BCUT2D eigenvalue weighted by molar-refractivity contribution is 6.11. The van der Waals surface area contributed by atoms with Crippen molar-refractivity contribution in [1.29, 1.82) is 0 Å². The second-order valence-electron chi connectivity index (χ2n) is 6.55. The third-order valence-corrected chi connectivity index (χ3v) is 4.44. The molecule has 0 radical (unpaired) electrons. The lowest BCUT2D eigenvalue weighted by Crippen LogP contribution is -2.27. The molecule has 0 aliphatic rings. The van der Waals surface area contributed by atoms with Crippen LogP contribution in [0.15, 0.2) is 47.3 Å². The molecule has 1 amide bonds. The van der Waals surface area contributed by atoms with Gasteiger partial charge in [0.15, 0.2) is 5.69 Å². The van der Waals surface area contributed by atoms with E-state index in [1.54, 1.807) is 18.2 Å². The summed E-state index contributed by atoms with van der Waals surface area (Å²) in [6, 6.07) is 13.0. The molecule has 0 saturated carbocycles. The van der Waals surface area contributed by atoms with Crippen molar-refractivity contribution in [2.45, 2.75) is 40.2 Å². The third-order valence-electron chi connectivity index (χ3n) is 4.44. The molecule has 0 atom stereocenters. The molecule has 3 rings (SSSR count). The molecule has 5 heteroatoms. The van der Waals surface area contributed by atoms with E-state index in [-0.39, 0.29) is 17.2 Å². The summed E-state index contributed by atoms with van der Waals surface area (Å²) in [5.74, 6) is -0.307. The zero-order valence-electron chi connectivity index (χ0n) is 15.4. The summed E-state index contributed by atoms with van der Waals surface area (Å²) in [5.41, 5.74) is 2.99. The molecule has 134 valence electrons. The molecular formula is C21H23N3O2. The number of nitrogens with one attached hydrogen (secondary N) is 1. The third kappa shape index (κ3) is 3.52. The molecule has 1 aromatic heterocycles. The first-order chi connectivity index (χ1) is 12.5. The number of hydrogen-bond acceptors (Lipinski definition) is 3. The van der Waals surface area contributed by atoms with Gasteiger partial charge in [0.2, 0.25) is 0 Å². The van der Waals surface area contributed by atoms with Gasteiger partial charge in [0.1, 0.15) is 0 Å². The Hall–Kier alpha value is -2.95. The minimum absolute atomic E-state index is 0.155. The van der Waals surface area contributed by atoms with E-state index in [1.807, 2.05) is 38.1 Å². The standard InChI is InChI=1S/C21H23N3O2/c1-4-5-12-24-21(26)17-9-7-6-8-16(17)19(23-24)20(25)22-18-11-10-14(2)13-15(18)3/h6-11,13H,4-5,12H2,1-3H3,(H,22,25). The first kappa shape index (κ1) is 17.9. The van der Waals surface area contributed by atoms with Crippen molar-refractivity contribution in [2.24, 2.45) is 0 Å². The molecule has 26 heavy (non-hydrogen) atoms. The zero-order valence-corrected chi connectivity index (χ0v) is 15.4. The molecule has 1 heterocycles. The Balaban J connectivity index is 2.06. The number of amides is 1. The van der Waals surface area contributed by atoms with Gasteiger partial charge in [-0.05, 0) is 38.0 Å². The highest BCUT2D eigenvalue weighted by Gasteiger charge is 2.17. The van der Waals surface area contributed by atoms with Crippen molar-refractivity contribution in [3.05, 3.63) is 69.6 Å². The van der Waals surface area contributed by atoms with E-state index in [1.165, 1.54) is 4.68 Å². The Labute approximate surface area is 152 Å². The van der Waals surface area contributed by atoms with Crippen LogP contribution in [-0.4, -0.2) is 15.7 Å². The molecule has 0 aliphatic carbocycles. The van der Waals surface area contributed by atoms with Crippen molar-refractivity contribution in [3.8, 4) is 0 Å². The van der Waals surface area contributed by atoms with Crippen LogP contribution in [0, 0.1) is 13.8 Å². The summed E-state index contributed by atoms with van der Waals surface area (Å²) < 4.78 is 1.41. The number of aromatic nitrogens is 2. The molecule has 0 saturated heterocycles. The number of unbranched alkanes of at least 4 members (excludes halogenated alkanes) is 1. The topological polar surface area (TPSA) is 64.0 Å². The van der Waals surface area contributed by atoms with Crippen molar-refractivity contribution in [1.82, 2.24) is 9.78 Å². The zero-order chi connectivity index (χ0) is 18.7. The second kappa shape index (κ2) is 7.52. The second-order valence-corrected chi connectivity index (χ2v) is 6.55. The number of fused-ring (bicyclic) bond motifs is 1. The number of benzene rings is 2. The molecular weight excluding hydrogens is 326 g/mol. The maximum absolute atomic E-state index is 12.9. The van der Waals surface area contributed by atoms with Crippen LogP contribution in [0.5, 0.6) is 0 Å². The van der Waals surface area contributed by atoms with Crippen LogP contribution in [-0.2, 0) is 6.54 Å². The number of rotatable bonds is 5. The normalized spacial score (nSPS) is 10.9. The van der Waals surface area contributed by atoms with Gasteiger partial charge in [0, 0.05) is 17.6 Å². The van der Waals surface area contributed by atoms with Gasteiger partial charge in [0.25, 0.3) is 11.5 Å².